The van der Waals surface area contributed by atoms with Gasteiger partial charge < -0.3 is 5.32 Å². The molecule has 0 bridgehead atoms. The lowest BCUT2D eigenvalue weighted by Crippen LogP contribution is -2.00. The monoisotopic (exact) mass is 315 g/mol. The third-order valence-electron chi connectivity index (χ3n) is 4.10. The Labute approximate surface area is 141 Å². The number of fused-ring (bicyclic) bond motifs is 2. The van der Waals surface area contributed by atoms with Crippen LogP contribution in [0, 0.1) is 6.92 Å². The first-order chi connectivity index (χ1) is 11.2. The summed E-state index contributed by atoms with van der Waals surface area (Å²) >= 11 is 1.81. The number of hydrogen-bond acceptors (Lipinski definition) is 2. The summed E-state index contributed by atoms with van der Waals surface area (Å²) in [4.78, 5) is 2.52. The van der Waals surface area contributed by atoms with Crippen molar-refractivity contribution < 1.29 is 0 Å². The van der Waals surface area contributed by atoms with Gasteiger partial charge in [0.25, 0.3) is 0 Å². The Morgan fingerprint density at radius 3 is 2.35 bits per heavy atom. The summed E-state index contributed by atoms with van der Waals surface area (Å²) in [7, 11) is 0. The minimum atomic E-state index is 1.05. The molecule has 2 heteroatoms. The van der Waals surface area contributed by atoms with Crippen LogP contribution in [-0.2, 0) is 0 Å². The van der Waals surface area contributed by atoms with Crippen LogP contribution in [0.1, 0.15) is 16.7 Å². The van der Waals surface area contributed by atoms with Crippen molar-refractivity contribution in [3.63, 3.8) is 0 Å². The van der Waals surface area contributed by atoms with E-state index >= 15 is 0 Å². The standard InChI is InChI=1S/C21H17NS/c1-14-7-9-16(10-8-14)15(2)17-11-12-21-19(13-17)22-18-5-3-4-6-20(18)23-21/h3-13,22H,2H2,1H3. The Morgan fingerprint density at radius 2 is 1.52 bits per heavy atom. The Kier molecular flexibility index (Phi) is 3.47. The molecule has 0 aromatic heterocycles. The van der Waals surface area contributed by atoms with Crippen molar-refractivity contribution in [3.05, 3.63) is 90.0 Å². The number of rotatable bonds is 2. The molecule has 0 saturated heterocycles. The van der Waals surface area contributed by atoms with E-state index in [4.69, 9.17) is 0 Å². The molecule has 112 valence electrons. The highest BCUT2D eigenvalue weighted by Crippen LogP contribution is 2.44. The fourth-order valence-corrected chi connectivity index (χ4v) is 3.72. The molecule has 1 nitrogen and oxygen atoms in total. The van der Waals surface area contributed by atoms with E-state index < -0.39 is 0 Å². The highest BCUT2D eigenvalue weighted by Gasteiger charge is 2.16. The molecule has 1 N–H and O–H groups in total. The van der Waals surface area contributed by atoms with E-state index in [0.29, 0.717) is 0 Å². The first kappa shape index (κ1) is 14.2. The minimum Gasteiger partial charge on any atom is -0.354 e. The van der Waals surface area contributed by atoms with Crippen LogP contribution in [-0.4, -0.2) is 0 Å². The second kappa shape index (κ2) is 5.64. The molecule has 0 unspecified atom stereocenters. The van der Waals surface area contributed by atoms with E-state index in [1.807, 2.05) is 11.8 Å². The van der Waals surface area contributed by atoms with Crippen molar-refractivity contribution in [1.29, 1.82) is 0 Å². The van der Waals surface area contributed by atoms with Crippen LogP contribution in [0.3, 0.4) is 0 Å². The number of para-hydroxylation sites is 1. The number of benzene rings is 3. The fourth-order valence-electron chi connectivity index (χ4n) is 2.75. The summed E-state index contributed by atoms with van der Waals surface area (Å²) in [6.07, 6.45) is 0. The topological polar surface area (TPSA) is 12.0 Å². The van der Waals surface area contributed by atoms with Crippen molar-refractivity contribution in [2.45, 2.75) is 16.7 Å². The van der Waals surface area contributed by atoms with Crippen molar-refractivity contribution in [1.82, 2.24) is 0 Å². The Bertz CT molecular complexity index is 894. The maximum atomic E-state index is 4.28. The second-order valence-electron chi connectivity index (χ2n) is 5.78. The summed E-state index contributed by atoms with van der Waals surface area (Å²) in [5.74, 6) is 0. The molecule has 3 aromatic rings. The molecule has 4 rings (SSSR count). The number of hydrogen-bond donors (Lipinski definition) is 1. The highest BCUT2D eigenvalue weighted by molar-refractivity contribution is 7.99. The molecule has 0 fully saturated rings. The molecule has 1 aliphatic rings. The molecule has 0 saturated carbocycles. The van der Waals surface area contributed by atoms with Crippen molar-refractivity contribution in [2.24, 2.45) is 0 Å². The zero-order valence-electron chi connectivity index (χ0n) is 13.0. The lowest BCUT2D eigenvalue weighted by Gasteiger charge is -2.21. The molecule has 1 heterocycles. The summed E-state index contributed by atoms with van der Waals surface area (Å²) in [5.41, 5.74) is 6.96. The molecular formula is C21H17NS. The van der Waals surface area contributed by atoms with Crippen LogP contribution in [0.5, 0.6) is 0 Å². The molecule has 0 aliphatic carbocycles. The second-order valence-corrected chi connectivity index (χ2v) is 6.86. The van der Waals surface area contributed by atoms with Crippen LogP contribution in [0.15, 0.2) is 83.1 Å². The largest absolute Gasteiger partial charge is 0.354 e. The lowest BCUT2D eigenvalue weighted by atomic mass is 9.98. The van der Waals surface area contributed by atoms with Gasteiger partial charge in [-0.3, -0.25) is 0 Å². The van der Waals surface area contributed by atoms with Crippen molar-refractivity contribution in [3.8, 4) is 0 Å². The molecule has 0 atom stereocenters. The summed E-state index contributed by atoms with van der Waals surface area (Å²) in [6, 6.07) is 23.5. The minimum absolute atomic E-state index is 1.05. The maximum absolute atomic E-state index is 4.28. The Balaban J connectivity index is 1.68. The lowest BCUT2D eigenvalue weighted by molar-refractivity contribution is 1.31. The van der Waals surface area contributed by atoms with Gasteiger partial charge in [0.15, 0.2) is 0 Å². The van der Waals surface area contributed by atoms with E-state index in [1.165, 1.54) is 26.6 Å². The van der Waals surface area contributed by atoms with Crippen LogP contribution < -0.4 is 5.32 Å². The molecule has 0 amide bonds. The average molecular weight is 315 g/mol. The molecular weight excluding hydrogens is 298 g/mol. The van der Waals surface area contributed by atoms with E-state index in [1.54, 1.807) is 0 Å². The number of nitrogens with one attached hydrogen (secondary N) is 1. The Hall–Kier alpha value is -2.45. The third kappa shape index (κ3) is 2.66. The highest BCUT2D eigenvalue weighted by atomic mass is 32.2. The Morgan fingerprint density at radius 1 is 0.826 bits per heavy atom. The quantitative estimate of drug-likeness (QED) is 0.468. The van der Waals surface area contributed by atoms with Gasteiger partial charge >= 0.3 is 0 Å². The zero-order chi connectivity index (χ0) is 15.8. The van der Waals surface area contributed by atoms with Gasteiger partial charge in [0.2, 0.25) is 0 Å². The van der Waals surface area contributed by atoms with Gasteiger partial charge in [0.1, 0.15) is 0 Å². The van der Waals surface area contributed by atoms with Gasteiger partial charge in [-0.05, 0) is 47.9 Å². The van der Waals surface area contributed by atoms with Crippen molar-refractivity contribution in [2.75, 3.05) is 5.32 Å². The third-order valence-corrected chi connectivity index (χ3v) is 5.26. The summed E-state index contributed by atoms with van der Waals surface area (Å²) in [5, 5.41) is 3.53. The maximum Gasteiger partial charge on any atom is 0.0532 e. The first-order valence-electron chi connectivity index (χ1n) is 7.65. The molecule has 23 heavy (non-hydrogen) atoms. The number of anilines is 2. The first-order valence-corrected chi connectivity index (χ1v) is 8.47. The van der Waals surface area contributed by atoms with Gasteiger partial charge in [0, 0.05) is 9.79 Å². The zero-order valence-corrected chi connectivity index (χ0v) is 13.8. The SMILES string of the molecule is C=C(c1ccc(C)cc1)c1ccc2c(c1)Nc1ccccc1S2. The summed E-state index contributed by atoms with van der Waals surface area (Å²) in [6.45, 7) is 6.38. The van der Waals surface area contributed by atoms with Gasteiger partial charge in [-0.1, -0.05) is 66.4 Å². The predicted molar refractivity (Wildman–Crippen MR) is 99.6 cm³/mol. The number of aryl methyl sites for hydroxylation is 1. The van der Waals surface area contributed by atoms with Crippen LogP contribution in [0.4, 0.5) is 11.4 Å². The van der Waals surface area contributed by atoms with E-state index in [-0.39, 0.29) is 0 Å². The molecule has 0 radical (unpaired) electrons. The van der Waals surface area contributed by atoms with Crippen LogP contribution in [0.25, 0.3) is 5.57 Å². The van der Waals surface area contributed by atoms with Gasteiger partial charge in [-0.25, -0.2) is 0 Å². The van der Waals surface area contributed by atoms with Gasteiger partial charge in [0.05, 0.1) is 11.4 Å². The fraction of sp³-hybridized carbons (Fsp3) is 0.0476. The average Bonchev–Trinajstić information content (AvgIpc) is 2.59. The predicted octanol–water partition coefficient (Wildman–Crippen LogP) is 6.26. The molecule has 0 spiro atoms. The van der Waals surface area contributed by atoms with E-state index in [0.717, 1.165) is 16.8 Å². The van der Waals surface area contributed by atoms with Crippen molar-refractivity contribution >= 4 is 28.7 Å². The molecule has 1 aliphatic heterocycles. The van der Waals surface area contributed by atoms with Gasteiger partial charge in [-0.2, -0.15) is 0 Å². The van der Waals surface area contributed by atoms with Gasteiger partial charge in [-0.15, -0.1) is 0 Å². The smallest absolute Gasteiger partial charge is 0.0532 e. The van der Waals surface area contributed by atoms with Crippen LogP contribution in [0.2, 0.25) is 0 Å². The normalized spacial score (nSPS) is 12.0. The molecule has 3 aromatic carbocycles. The van der Waals surface area contributed by atoms with E-state index in [2.05, 4.69) is 85.5 Å². The van der Waals surface area contributed by atoms with Crippen LogP contribution >= 0.6 is 11.8 Å². The summed E-state index contributed by atoms with van der Waals surface area (Å²) < 4.78 is 0. The van der Waals surface area contributed by atoms with E-state index in [9.17, 15) is 0 Å².